The molecule has 0 aliphatic carbocycles. The van der Waals surface area contributed by atoms with E-state index in [9.17, 15) is 5.11 Å². The smallest absolute Gasteiger partial charge is 0.129 e. The highest BCUT2D eigenvalue weighted by Crippen LogP contribution is 2.44. The fourth-order valence-corrected chi connectivity index (χ4v) is 3.12. The summed E-state index contributed by atoms with van der Waals surface area (Å²) >= 11 is 0. The first-order valence-electron chi connectivity index (χ1n) is 5.53. The number of nitrogens with zero attached hydrogens (tertiary/aromatic N) is 2. The number of piperidine rings is 1. The lowest BCUT2D eigenvalue weighted by Gasteiger charge is -2.41. The van der Waals surface area contributed by atoms with Crippen LogP contribution in [0.5, 0.6) is 0 Å². The van der Waals surface area contributed by atoms with E-state index in [1.807, 2.05) is 0 Å². The molecule has 4 nitrogen and oxygen atoms in total. The van der Waals surface area contributed by atoms with Crippen molar-refractivity contribution in [3.63, 3.8) is 0 Å². The number of hydrogen-bond donors (Lipinski definition) is 1. The topological polar surface area (TPSA) is 49.5 Å². The van der Waals surface area contributed by atoms with Crippen LogP contribution in [0.1, 0.15) is 31.2 Å². The van der Waals surface area contributed by atoms with E-state index in [4.69, 9.17) is 4.52 Å². The van der Waals surface area contributed by atoms with Gasteiger partial charge in [0, 0.05) is 17.6 Å². The Labute approximate surface area is 88.9 Å². The maximum absolute atomic E-state index is 10.6. The normalized spacial score (nSPS) is 40.9. The molecule has 0 radical (unpaired) electrons. The molecule has 3 heterocycles. The minimum Gasteiger partial charge on any atom is -0.385 e. The summed E-state index contributed by atoms with van der Waals surface area (Å²) in [5.41, 5.74) is 0.130. The molecular formula is C11H16N2O2. The summed E-state index contributed by atoms with van der Waals surface area (Å²) in [6.07, 6.45) is 7.24. The summed E-state index contributed by atoms with van der Waals surface area (Å²) in [5.74, 6) is 0. The fraction of sp³-hybridized carbons (Fsp3) is 0.727. The molecule has 15 heavy (non-hydrogen) atoms. The molecule has 1 N–H and O–H groups in total. The third-order valence-electron chi connectivity index (χ3n) is 4.10. The van der Waals surface area contributed by atoms with E-state index >= 15 is 0 Å². The van der Waals surface area contributed by atoms with Crippen molar-refractivity contribution in [3.8, 4) is 0 Å². The van der Waals surface area contributed by atoms with Gasteiger partial charge < -0.3 is 14.5 Å². The van der Waals surface area contributed by atoms with Crippen LogP contribution < -0.4 is 0 Å². The van der Waals surface area contributed by atoms with Gasteiger partial charge in [0.05, 0.1) is 11.8 Å². The zero-order chi connectivity index (χ0) is 10.5. The molecule has 2 bridgehead atoms. The second kappa shape index (κ2) is 3.06. The van der Waals surface area contributed by atoms with Crippen molar-refractivity contribution >= 4 is 0 Å². The van der Waals surface area contributed by atoms with Crippen molar-refractivity contribution in [2.45, 2.75) is 43.4 Å². The molecule has 0 aromatic carbocycles. The minimum atomic E-state index is -0.710. The molecule has 0 amide bonds. The molecule has 2 saturated heterocycles. The van der Waals surface area contributed by atoms with Crippen LogP contribution in [-0.4, -0.2) is 34.3 Å². The molecule has 2 unspecified atom stereocenters. The summed E-state index contributed by atoms with van der Waals surface area (Å²) in [7, 11) is 2.16. The molecule has 1 aromatic heterocycles. The van der Waals surface area contributed by atoms with E-state index in [1.54, 1.807) is 12.5 Å². The van der Waals surface area contributed by atoms with Crippen LogP contribution in [0.3, 0.4) is 0 Å². The van der Waals surface area contributed by atoms with Gasteiger partial charge in [0.2, 0.25) is 0 Å². The van der Waals surface area contributed by atoms with Crippen LogP contribution in [0.15, 0.2) is 17.0 Å². The molecule has 2 fully saturated rings. The lowest BCUT2D eigenvalue weighted by Crippen LogP contribution is -2.47. The Morgan fingerprint density at radius 3 is 2.67 bits per heavy atom. The average Bonchev–Trinajstić information content (AvgIpc) is 2.79. The van der Waals surface area contributed by atoms with Gasteiger partial charge in [0.25, 0.3) is 0 Å². The molecule has 0 saturated carbocycles. The van der Waals surface area contributed by atoms with Gasteiger partial charge in [-0.25, -0.2) is 0 Å². The van der Waals surface area contributed by atoms with Crippen molar-refractivity contribution in [1.29, 1.82) is 0 Å². The Balaban J connectivity index is 1.90. The highest BCUT2D eigenvalue weighted by molar-refractivity contribution is 5.17. The van der Waals surface area contributed by atoms with E-state index < -0.39 is 5.60 Å². The SMILES string of the molecule is CN1C2CCC1CC(O)(c1cnoc1)C2. The summed E-state index contributed by atoms with van der Waals surface area (Å²) in [5, 5.41) is 14.3. The highest BCUT2D eigenvalue weighted by atomic mass is 16.5. The number of aliphatic hydroxyl groups is 1. The molecule has 4 heteroatoms. The fourth-order valence-electron chi connectivity index (χ4n) is 3.12. The molecule has 82 valence electrons. The first kappa shape index (κ1) is 9.36. The Kier molecular flexibility index (Phi) is 1.91. The Bertz CT molecular complexity index is 335. The van der Waals surface area contributed by atoms with Crippen LogP contribution >= 0.6 is 0 Å². The van der Waals surface area contributed by atoms with Crippen molar-refractivity contribution < 1.29 is 9.63 Å². The van der Waals surface area contributed by atoms with Crippen LogP contribution in [0, 0.1) is 0 Å². The lowest BCUT2D eigenvalue weighted by atomic mass is 9.82. The first-order valence-corrected chi connectivity index (χ1v) is 5.53. The quantitative estimate of drug-likeness (QED) is 0.751. The summed E-state index contributed by atoms with van der Waals surface area (Å²) in [6.45, 7) is 0. The molecule has 2 aliphatic heterocycles. The maximum Gasteiger partial charge on any atom is 0.129 e. The minimum absolute atomic E-state index is 0.517. The van der Waals surface area contributed by atoms with E-state index in [-0.39, 0.29) is 0 Å². The van der Waals surface area contributed by atoms with Gasteiger partial charge in [-0.05, 0) is 32.7 Å². The molecular weight excluding hydrogens is 192 g/mol. The van der Waals surface area contributed by atoms with Gasteiger partial charge in [-0.2, -0.15) is 0 Å². The Hall–Kier alpha value is -0.870. The standard InChI is InChI=1S/C11H16N2O2/c1-13-9-2-3-10(13)5-11(14,4-9)8-6-12-15-7-8/h6-7,9-10,14H,2-5H2,1H3. The number of rotatable bonds is 1. The van der Waals surface area contributed by atoms with Gasteiger partial charge in [-0.15, -0.1) is 0 Å². The van der Waals surface area contributed by atoms with Crippen LogP contribution in [-0.2, 0) is 5.60 Å². The number of aromatic nitrogens is 1. The second-order valence-electron chi connectivity index (χ2n) is 4.90. The van der Waals surface area contributed by atoms with Crippen molar-refractivity contribution in [3.05, 3.63) is 18.0 Å². The van der Waals surface area contributed by atoms with Crippen LogP contribution in [0.25, 0.3) is 0 Å². The molecule has 1 aromatic rings. The van der Waals surface area contributed by atoms with E-state index in [0.717, 1.165) is 18.4 Å². The third kappa shape index (κ3) is 1.32. The van der Waals surface area contributed by atoms with Crippen molar-refractivity contribution in [2.75, 3.05) is 7.05 Å². The summed E-state index contributed by atoms with van der Waals surface area (Å²) in [4.78, 5) is 2.40. The van der Waals surface area contributed by atoms with Gasteiger partial charge in [0.15, 0.2) is 0 Å². The van der Waals surface area contributed by atoms with Gasteiger partial charge in [-0.1, -0.05) is 5.16 Å². The molecule has 2 aliphatic rings. The number of fused-ring (bicyclic) bond motifs is 2. The largest absolute Gasteiger partial charge is 0.385 e. The number of hydrogen-bond acceptors (Lipinski definition) is 4. The van der Waals surface area contributed by atoms with Crippen LogP contribution in [0.2, 0.25) is 0 Å². The maximum atomic E-state index is 10.6. The highest BCUT2D eigenvalue weighted by Gasteiger charge is 2.47. The average molecular weight is 208 g/mol. The summed E-state index contributed by atoms with van der Waals surface area (Å²) < 4.78 is 4.83. The zero-order valence-corrected chi connectivity index (χ0v) is 8.89. The monoisotopic (exact) mass is 208 g/mol. The third-order valence-corrected chi connectivity index (χ3v) is 4.10. The molecule has 3 rings (SSSR count). The molecule has 2 atom stereocenters. The second-order valence-corrected chi connectivity index (χ2v) is 4.90. The zero-order valence-electron chi connectivity index (χ0n) is 8.89. The van der Waals surface area contributed by atoms with Gasteiger partial charge in [-0.3, -0.25) is 0 Å². The van der Waals surface area contributed by atoms with Crippen molar-refractivity contribution in [2.24, 2.45) is 0 Å². The van der Waals surface area contributed by atoms with Crippen LogP contribution in [0.4, 0.5) is 0 Å². The first-order chi connectivity index (χ1) is 7.19. The van der Waals surface area contributed by atoms with E-state index in [2.05, 4.69) is 17.1 Å². The lowest BCUT2D eigenvalue weighted by molar-refractivity contribution is -0.0496. The Morgan fingerprint density at radius 2 is 2.13 bits per heavy atom. The summed E-state index contributed by atoms with van der Waals surface area (Å²) in [6, 6.07) is 1.03. The van der Waals surface area contributed by atoms with E-state index in [1.165, 1.54) is 12.8 Å². The van der Waals surface area contributed by atoms with E-state index in [0.29, 0.717) is 12.1 Å². The molecule has 0 spiro atoms. The van der Waals surface area contributed by atoms with Crippen molar-refractivity contribution in [1.82, 2.24) is 10.1 Å². The van der Waals surface area contributed by atoms with Gasteiger partial charge >= 0.3 is 0 Å². The predicted molar refractivity (Wildman–Crippen MR) is 54.2 cm³/mol. The Morgan fingerprint density at radius 1 is 1.47 bits per heavy atom. The van der Waals surface area contributed by atoms with Gasteiger partial charge in [0.1, 0.15) is 6.26 Å². The predicted octanol–water partition coefficient (Wildman–Crippen LogP) is 1.12.